The van der Waals surface area contributed by atoms with Crippen LogP contribution in [-0.4, -0.2) is 18.8 Å². The molecule has 1 aromatic carbocycles. The Morgan fingerprint density at radius 1 is 1.38 bits per heavy atom. The molecule has 6 nitrogen and oxygen atoms in total. The molecular weight excluding hydrogens is 306 g/mol. The van der Waals surface area contributed by atoms with E-state index in [4.69, 9.17) is 4.74 Å². The lowest BCUT2D eigenvalue weighted by Crippen LogP contribution is -2.36. The van der Waals surface area contributed by atoms with Crippen molar-refractivity contribution in [3.8, 4) is 0 Å². The van der Waals surface area contributed by atoms with E-state index in [2.05, 4.69) is 23.3 Å². The maximum atomic E-state index is 11.8. The van der Waals surface area contributed by atoms with Crippen LogP contribution in [0.4, 0.5) is 16.2 Å². The van der Waals surface area contributed by atoms with Crippen LogP contribution in [0.5, 0.6) is 0 Å². The maximum absolute atomic E-state index is 11.8. The standard InChI is InChI=1S/C18H19N3O3/c1-3-15-5-4-8-21(12-15)9-10-24-18(23)20-16-7-6-14(2)17(11-16)19-13-22/h4-8,11-12H,3,9-10H2,1-2H3/p+1. The number of pyridine rings is 1. The zero-order chi connectivity index (χ0) is 17.4. The highest BCUT2D eigenvalue weighted by Gasteiger charge is 2.07. The van der Waals surface area contributed by atoms with Crippen molar-refractivity contribution < 1.29 is 18.9 Å². The molecule has 0 aliphatic rings. The van der Waals surface area contributed by atoms with Gasteiger partial charge in [-0.25, -0.2) is 14.2 Å². The van der Waals surface area contributed by atoms with Gasteiger partial charge in [-0.1, -0.05) is 13.0 Å². The number of ether oxygens (including phenoxy) is 1. The van der Waals surface area contributed by atoms with E-state index in [9.17, 15) is 9.59 Å². The van der Waals surface area contributed by atoms with Gasteiger partial charge >= 0.3 is 6.09 Å². The summed E-state index contributed by atoms with van der Waals surface area (Å²) in [6, 6.07) is 9.11. The van der Waals surface area contributed by atoms with Crippen molar-refractivity contribution in [2.75, 3.05) is 11.9 Å². The third-order valence-electron chi connectivity index (χ3n) is 3.53. The highest BCUT2D eigenvalue weighted by molar-refractivity contribution is 5.85. The topological polar surface area (TPSA) is 71.6 Å². The molecule has 0 bridgehead atoms. The minimum atomic E-state index is -0.549. The monoisotopic (exact) mass is 326 g/mol. The van der Waals surface area contributed by atoms with E-state index in [1.54, 1.807) is 18.2 Å². The van der Waals surface area contributed by atoms with Crippen LogP contribution in [0, 0.1) is 6.92 Å². The van der Waals surface area contributed by atoms with Crippen molar-refractivity contribution in [2.45, 2.75) is 26.8 Å². The van der Waals surface area contributed by atoms with Gasteiger partial charge in [-0.15, -0.1) is 0 Å². The first kappa shape index (κ1) is 17.4. The highest BCUT2D eigenvalue weighted by atomic mass is 16.5. The third kappa shape index (κ3) is 5.04. The number of benzene rings is 1. The van der Waals surface area contributed by atoms with Gasteiger partial charge in [-0.05, 0) is 37.1 Å². The number of anilines is 1. The normalized spacial score (nSPS) is 9.92. The summed E-state index contributed by atoms with van der Waals surface area (Å²) in [5.74, 6) is 0. The van der Waals surface area contributed by atoms with Gasteiger partial charge < -0.3 is 4.74 Å². The number of rotatable bonds is 6. The van der Waals surface area contributed by atoms with E-state index in [0.717, 1.165) is 12.0 Å². The largest absolute Gasteiger partial charge is 0.443 e. The number of aromatic nitrogens is 1. The van der Waals surface area contributed by atoms with Crippen LogP contribution >= 0.6 is 0 Å². The van der Waals surface area contributed by atoms with E-state index in [1.165, 1.54) is 11.6 Å². The molecule has 0 aliphatic carbocycles. The van der Waals surface area contributed by atoms with Gasteiger partial charge in [0.1, 0.15) is 0 Å². The summed E-state index contributed by atoms with van der Waals surface area (Å²) in [5, 5.41) is 2.62. The number of nitrogens with one attached hydrogen (secondary N) is 1. The summed E-state index contributed by atoms with van der Waals surface area (Å²) in [6.07, 6.45) is 5.87. The molecule has 0 saturated carbocycles. The molecule has 6 heteroatoms. The fraction of sp³-hybridized carbons (Fsp3) is 0.278. The molecule has 0 unspecified atom stereocenters. The molecule has 1 aromatic heterocycles. The van der Waals surface area contributed by atoms with Crippen molar-refractivity contribution in [1.82, 2.24) is 0 Å². The molecule has 24 heavy (non-hydrogen) atoms. The fourth-order valence-electron chi connectivity index (χ4n) is 2.18. The number of aryl methyl sites for hydroxylation is 2. The molecule has 1 N–H and O–H groups in total. The SMILES string of the molecule is CCc1ccc[n+](CCOC(=O)Nc2ccc(C)c(N=C=O)c2)c1. The zero-order valence-corrected chi connectivity index (χ0v) is 13.8. The van der Waals surface area contributed by atoms with Crippen LogP contribution in [0.2, 0.25) is 0 Å². The van der Waals surface area contributed by atoms with Crippen LogP contribution in [0.25, 0.3) is 0 Å². The van der Waals surface area contributed by atoms with Crippen molar-refractivity contribution >= 4 is 23.5 Å². The quantitative estimate of drug-likeness (QED) is 0.504. The average Bonchev–Trinajstić information content (AvgIpc) is 2.58. The second-order valence-electron chi connectivity index (χ2n) is 5.27. The first-order chi connectivity index (χ1) is 11.6. The van der Waals surface area contributed by atoms with E-state index in [-0.39, 0.29) is 6.61 Å². The van der Waals surface area contributed by atoms with Gasteiger partial charge in [0.15, 0.2) is 25.5 Å². The highest BCUT2D eigenvalue weighted by Crippen LogP contribution is 2.22. The minimum Gasteiger partial charge on any atom is -0.443 e. The molecule has 0 spiro atoms. The molecule has 124 valence electrons. The van der Waals surface area contributed by atoms with Gasteiger partial charge in [0.05, 0.1) is 5.69 Å². The van der Waals surface area contributed by atoms with Gasteiger partial charge in [0.2, 0.25) is 6.08 Å². The Labute approximate surface area is 140 Å². The van der Waals surface area contributed by atoms with Gasteiger partial charge in [0.25, 0.3) is 0 Å². The smallest absolute Gasteiger partial charge is 0.411 e. The molecule has 1 amide bonds. The van der Waals surface area contributed by atoms with E-state index in [1.807, 2.05) is 30.0 Å². The number of hydrogen-bond acceptors (Lipinski definition) is 4. The Morgan fingerprint density at radius 3 is 2.96 bits per heavy atom. The van der Waals surface area contributed by atoms with Crippen LogP contribution in [0.3, 0.4) is 0 Å². The molecule has 2 aromatic rings. The Bertz CT molecular complexity index is 768. The maximum Gasteiger partial charge on any atom is 0.411 e. The Morgan fingerprint density at radius 2 is 2.21 bits per heavy atom. The molecule has 1 heterocycles. The molecule has 2 rings (SSSR count). The third-order valence-corrected chi connectivity index (χ3v) is 3.53. The number of carbonyl (C=O) groups excluding carboxylic acids is 2. The second-order valence-corrected chi connectivity index (χ2v) is 5.27. The van der Waals surface area contributed by atoms with Gasteiger partial charge in [-0.2, -0.15) is 4.99 Å². The number of hydrogen-bond donors (Lipinski definition) is 1. The minimum absolute atomic E-state index is 0.259. The van der Waals surface area contributed by atoms with Crippen molar-refractivity contribution in [2.24, 2.45) is 4.99 Å². The number of aliphatic imine (C=N–C) groups is 1. The number of isocyanates is 1. The van der Waals surface area contributed by atoms with E-state index in [0.29, 0.717) is 17.9 Å². The Kier molecular flexibility index (Phi) is 6.23. The molecule has 0 aliphatic heterocycles. The summed E-state index contributed by atoms with van der Waals surface area (Å²) in [6.45, 7) is 4.75. The first-order valence-corrected chi connectivity index (χ1v) is 7.72. The summed E-state index contributed by atoms with van der Waals surface area (Å²) in [4.78, 5) is 25.8. The Balaban J connectivity index is 1.87. The van der Waals surface area contributed by atoms with Gasteiger partial charge in [-0.3, -0.25) is 5.32 Å². The summed E-state index contributed by atoms with van der Waals surface area (Å²) in [7, 11) is 0. The van der Waals surface area contributed by atoms with Crippen molar-refractivity contribution in [1.29, 1.82) is 0 Å². The molecule has 0 atom stereocenters. The summed E-state index contributed by atoms with van der Waals surface area (Å²) >= 11 is 0. The molecule has 0 radical (unpaired) electrons. The predicted octanol–water partition coefficient (Wildman–Crippen LogP) is 3.06. The second kappa shape index (κ2) is 8.60. The van der Waals surface area contributed by atoms with Crippen molar-refractivity contribution in [3.63, 3.8) is 0 Å². The number of carbonyl (C=O) groups is 1. The lowest BCUT2D eigenvalue weighted by atomic mass is 10.2. The summed E-state index contributed by atoms with van der Waals surface area (Å²) in [5.41, 5.74) is 3.03. The molecule has 0 saturated heterocycles. The molecular formula is C18H20N3O3+. The van der Waals surface area contributed by atoms with E-state index >= 15 is 0 Å². The fourth-order valence-corrected chi connectivity index (χ4v) is 2.18. The number of amides is 1. The Hall–Kier alpha value is -2.98. The van der Waals surface area contributed by atoms with Crippen LogP contribution in [0.1, 0.15) is 18.1 Å². The molecule has 0 fully saturated rings. The zero-order valence-electron chi connectivity index (χ0n) is 13.8. The lowest BCUT2D eigenvalue weighted by Gasteiger charge is -2.07. The number of nitrogens with zero attached hydrogens (tertiary/aromatic N) is 2. The first-order valence-electron chi connectivity index (χ1n) is 7.72. The van der Waals surface area contributed by atoms with Crippen LogP contribution in [-0.2, 0) is 22.5 Å². The predicted molar refractivity (Wildman–Crippen MR) is 89.9 cm³/mol. The summed E-state index contributed by atoms with van der Waals surface area (Å²) < 4.78 is 7.16. The van der Waals surface area contributed by atoms with Crippen molar-refractivity contribution in [3.05, 3.63) is 53.9 Å². The van der Waals surface area contributed by atoms with Crippen LogP contribution < -0.4 is 9.88 Å². The van der Waals surface area contributed by atoms with Crippen LogP contribution in [0.15, 0.2) is 47.7 Å². The van der Waals surface area contributed by atoms with Gasteiger partial charge in [0, 0.05) is 17.3 Å². The van der Waals surface area contributed by atoms with E-state index < -0.39 is 6.09 Å². The average molecular weight is 326 g/mol. The lowest BCUT2D eigenvalue weighted by molar-refractivity contribution is -0.698.